The lowest BCUT2D eigenvalue weighted by Gasteiger charge is -2.35. The highest BCUT2D eigenvalue weighted by atomic mass is 79.9. The molecule has 6 heteroatoms. The van der Waals surface area contributed by atoms with Crippen LogP contribution in [0, 0.1) is 5.95 Å². The number of ether oxygens (including phenoxy) is 1. The second-order valence-corrected chi connectivity index (χ2v) is 6.09. The average molecular weight is 331 g/mol. The van der Waals surface area contributed by atoms with Gasteiger partial charge in [-0.2, -0.15) is 4.39 Å². The van der Waals surface area contributed by atoms with Gasteiger partial charge in [-0.3, -0.25) is 4.79 Å². The van der Waals surface area contributed by atoms with Gasteiger partial charge in [0, 0.05) is 17.1 Å². The van der Waals surface area contributed by atoms with E-state index in [9.17, 15) is 9.18 Å². The van der Waals surface area contributed by atoms with Crippen LogP contribution in [0.3, 0.4) is 0 Å². The van der Waals surface area contributed by atoms with E-state index in [0.717, 1.165) is 12.8 Å². The second kappa shape index (κ2) is 5.54. The summed E-state index contributed by atoms with van der Waals surface area (Å²) in [6, 6.07) is 2.71. The first kappa shape index (κ1) is 14.4. The molecule has 1 aromatic rings. The van der Waals surface area contributed by atoms with Gasteiger partial charge in [0.25, 0.3) is 5.91 Å². The summed E-state index contributed by atoms with van der Waals surface area (Å²) in [6.07, 6.45) is 1.48. The molecule has 19 heavy (non-hydrogen) atoms. The van der Waals surface area contributed by atoms with Gasteiger partial charge in [-0.15, -0.1) is 0 Å². The van der Waals surface area contributed by atoms with E-state index in [1.807, 2.05) is 13.8 Å². The summed E-state index contributed by atoms with van der Waals surface area (Å²) in [5.41, 5.74) is -0.174. The van der Waals surface area contributed by atoms with E-state index in [2.05, 4.69) is 26.2 Å². The van der Waals surface area contributed by atoms with E-state index in [-0.39, 0.29) is 23.2 Å². The fourth-order valence-corrected chi connectivity index (χ4v) is 2.59. The summed E-state index contributed by atoms with van der Waals surface area (Å²) in [5.74, 6) is -1.03. The van der Waals surface area contributed by atoms with E-state index in [1.54, 1.807) is 0 Å². The average Bonchev–Trinajstić information content (AvgIpc) is 2.31. The third-order valence-electron chi connectivity index (χ3n) is 3.06. The van der Waals surface area contributed by atoms with Crippen LogP contribution in [-0.4, -0.2) is 29.1 Å². The lowest BCUT2D eigenvalue weighted by Crippen LogP contribution is -2.46. The number of carbonyl (C=O) groups excluding carboxylic acids is 1. The number of pyridine rings is 1. The molecule has 2 heterocycles. The molecule has 1 aliphatic rings. The Morgan fingerprint density at radius 2 is 2.32 bits per heavy atom. The monoisotopic (exact) mass is 330 g/mol. The molecule has 1 aliphatic heterocycles. The summed E-state index contributed by atoms with van der Waals surface area (Å²) < 4.78 is 19.2. The molecule has 1 amide bonds. The first-order chi connectivity index (χ1) is 8.87. The van der Waals surface area contributed by atoms with Crippen molar-refractivity contribution in [2.24, 2.45) is 0 Å². The number of nitrogens with one attached hydrogen (secondary N) is 1. The maximum Gasteiger partial charge on any atom is 0.271 e. The topological polar surface area (TPSA) is 51.2 Å². The van der Waals surface area contributed by atoms with Crippen LogP contribution in [0.5, 0.6) is 0 Å². The van der Waals surface area contributed by atoms with Crippen LogP contribution < -0.4 is 5.32 Å². The summed E-state index contributed by atoms with van der Waals surface area (Å²) in [7, 11) is 0. The fraction of sp³-hybridized carbons (Fsp3) is 0.538. The molecule has 1 aromatic heterocycles. The molecule has 1 unspecified atom stereocenters. The molecule has 1 N–H and O–H groups in total. The summed E-state index contributed by atoms with van der Waals surface area (Å²) >= 11 is 3.20. The minimum Gasteiger partial charge on any atom is -0.375 e. The zero-order chi connectivity index (χ0) is 14.0. The molecule has 1 fully saturated rings. The van der Waals surface area contributed by atoms with Crippen molar-refractivity contribution in [1.29, 1.82) is 0 Å². The van der Waals surface area contributed by atoms with Crippen LogP contribution >= 0.6 is 15.9 Å². The highest BCUT2D eigenvalue weighted by Crippen LogP contribution is 2.24. The third-order valence-corrected chi connectivity index (χ3v) is 3.70. The van der Waals surface area contributed by atoms with Crippen LogP contribution in [0.4, 0.5) is 4.39 Å². The first-order valence-electron chi connectivity index (χ1n) is 6.14. The molecule has 0 spiro atoms. The quantitative estimate of drug-likeness (QED) is 0.848. The van der Waals surface area contributed by atoms with Crippen molar-refractivity contribution in [2.75, 3.05) is 6.61 Å². The Morgan fingerprint density at radius 3 is 3.00 bits per heavy atom. The van der Waals surface area contributed by atoms with Crippen molar-refractivity contribution in [2.45, 2.75) is 38.3 Å². The van der Waals surface area contributed by atoms with E-state index >= 15 is 0 Å². The predicted octanol–water partition coefficient (Wildman–Crippen LogP) is 2.67. The number of nitrogens with zero attached hydrogens (tertiary/aromatic N) is 1. The van der Waals surface area contributed by atoms with Crippen LogP contribution in [0.25, 0.3) is 0 Å². The lowest BCUT2D eigenvalue weighted by molar-refractivity contribution is -0.0615. The number of carbonyl (C=O) groups is 1. The molecule has 0 saturated carbocycles. The van der Waals surface area contributed by atoms with Crippen molar-refractivity contribution >= 4 is 21.8 Å². The zero-order valence-corrected chi connectivity index (χ0v) is 12.5. The molecule has 1 atom stereocenters. The summed E-state index contributed by atoms with van der Waals surface area (Å²) in [6.45, 7) is 4.58. The van der Waals surface area contributed by atoms with E-state index < -0.39 is 5.95 Å². The Labute approximate surface area is 119 Å². The fourth-order valence-electron chi connectivity index (χ4n) is 2.19. The van der Waals surface area contributed by atoms with Crippen LogP contribution in [0.2, 0.25) is 0 Å². The van der Waals surface area contributed by atoms with Gasteiger partial charge in [0.2, 0.25) is 5.95 Å². The van der Waals surface area contributed by atoms with Gasteiger partial charge >= 0.3 is 0 Å². The maximum absolute atomic E-state index is 13.1. The molecule has 0 aliphatic carbocycles. The molecule has 0 radical (unpaired) electrons. The molecule has 1 saturated heterocycles. The molecule has 0 aromatic carbocycles. The second-order valence-electron chi connectivity index (χ2n) is 5.24. The molecule has 104 valence electrons. The van der Waals surface area contributed by atoms with Crippen molar-refractivity contribution in [1.82, 2.24) is 10.3 Å². The number of hydrogen-bond acceptors (Lipinski definition) is 3. The number of hydrogen-bond donors (Lipinski definition) is 1. The predicted molar refractivity (Wildman–Crippen MR) is 72.4 cm³/mol. The van der Waals surface area contributed by atoms with E-state index in [0.29, 0.717) is 11.1 Å². The van der Waals surface area contributed by atoms with Gasteiger partial charge in [-0.25, -0.2) is 4.98 Å². The molecular weight excluding hydrogens is 315 g/mol. The largest absolute Gasteiger partial charge is 0.375 e. The summed E-state index contributed by atoms with van der Waals surface area (Å²) in [5, 5.41) is 2.88. The van der Waals surface area contributed by atoms with Gasteiger partial charge in [-0.05, 0) is 54.8 Å². The Morgan fingerprint density at radius 1 is 1.58 bits per heavy atom. The van der Waals surface area contributed by atoms with Crippen molar-refractivity contribution in [3.05, 3.63) is 28.2 Å². The smallest absolute Gasteiger partial charge is 0.271 e. The standard InChI is InChI=1S/C13H16BrFN2O2/c1-13(2)7-8(5-6-19-13)16-12(18)11-9(14)3-4-10(15)17-11/h3-4,8H,5-7H2,1-2H3,(H,16,18). The maximum atomic E-state index is 13.1. The minimum atomic E-state index is -0.666. The summed E-state index contributed by atoms with van der Waals surface area (Å²) in [4.78, 5) is 15.7. The highest BCUT2D eigenvalue weighted by molar-refractivity contribution is 9.10. The highest BCUT2D eigenvalue weighted by Gasteiger charge is 2.30. The molecule has 0 bridgehead atoms. The van der Waals surface area contributed by atoms with Gasteiger partial charge in [0.05, 0.1) is 5.60 Å². The first-order valence-corrected chi connectivity index (χ1v) is 6.93. The van der Waals surface area contributed by atoms with Gasteiger partial charge in [0.15, 0.2) is 0 Å². The van der Waals surface area contributed by atoms with E-state index in [4.69, 9.17) is 4.74 Å². The number of rotatable bonds is 2. The van der Waals surface area contributed by atoms with Crippen molar-refractivity contribution < 1.29 is 13.9 Å². The third kappa shape index (κ3) is 3.73. The van der Waals surface area contributed by atoms with Crippen LogP contribution in [0.1, 0.15) is 37.2 Å². The van der Waals surface area contributed by atoms with Gasteiger partial charge in [0.1, 0.15) is 5.69 Å². The molecular formula is C13H16BrFN2O2. The van der Waals surface area contributed by atoms with Crippen molar-refractivity contribution in [3.63, 3.8) is 0 Å². The van der Waals surface area contributed by atoms with Gasteiger partial charge in [-0.1, -0.05) is 0 Å². The molecule has 2 rings (SSSR count). The Hall–Kier alpha value is -1.01. The Balaban J connectivity index is 2.06. The number of halogens is 2. The SMILES string of the molecule is CC1(C)CC(NC(=O)c2nc(F)ccc2Br)CCO1. The Bertz CT molecular complexity index is 494. The normalized spacial score (nSPS) is 22.0. The molecule has 4 nitrogen and oxygen atoms in total. The zero-order valence-electron chi connectivity index (χ0n) is 10.9. The van der Waals surface area contributed by atoms with Crippen molar-refractivity contribution in [3.8, 4) is 0 Å². The minimum absolute atomic E-state index is 0.0215. The van der Waals surface area contributed by atoms with Crippen LogP contribution in [0.15, 0.2) is 16.6 Å². The van der Waals surface area contributed by atoms with E-state index in [1.165, 1.54) is 12.1 Å². The number of amides is 1. The van der Waals surface area contributed by atoms with Gasteiger partial charge < -0.3 is 10.1 Å². The van der Waals surface area contributed by atoms with Crippen LogP contribution in [-0.2, 0) is 4.74 Å². The lowest BCUT2D eigenvalue weighted by atomic mass is 9.94. The Kier molecular flexibility index (Phi) is 4.20. The number of aromatic nitrogens is 1.